The Bertz CT molecular complexity index is 726. The predicted molar refractivity (Wildman–Crippen MR) is 84.8 cm³/mol. The molecule has 0 spiro atoms. The molecule has 0 aliphatic heterocycles. The van der Waals surface area contributed by atoms with Gasteiger partial charge in [0, 0.05) is 23.4 Å². The molecule has 1 heterocycles. The molecule has 0 aliphatic rings. The average molecular weight is 281 g/mol. The summed E-state index contributed by atoms with van der Waals surface area (Å²) in [4.78, 5) is 3.27. The summed E-state index contributed by atoms with van der Waals surface area (Å²) in [5.74, 6) is 1.06. The van der Waals surface area contributed by atoms with Gasteiger partial charge in [0.25, 0.3) is 0 Å². The molecule has 0 atom stereocenters. The van der Waals surface area contributed by atoms with Crippen molar-refractivity contribution in [2.75, 3.05) is 0 Å². The van der Waals surface area contributed by atoms with Gasteiger partial charge in [-0.25, -0.2) is 0 Å². The van der Waals surface area contributed by atoms with E-state index in [2.05, 4.69) is 11.1 Å². The van der Waals surface area contributed by atoms with Gasteiger partial charge in [-0.05, 0) is 31.5 Å². The Morgan fingerprint density at radius 1 is 1.05 bits per heavy atom. The first kappa shape index (κ1) is 13.6. The van der Waals surface area contributed by atoms with Gasteiger partial charge >= 0.3 is 0 Å². The Kier molecular flexibility index (Phi) is 3.34. The summed E-state index contributed by atoms with van der Waals surface area (Å²) in [6.45, 7) is 4.04. The van der Waals surface area contributed by atoms with Gasteiger partial charge in [-0.15, -0.1) is 0 Å². The van der Waals surface area contributed by atoms with E-state index in [1.807, 2.05) is 56.3 Å². The molecular weight excluding hydrogens is 262 g/mol. The molecule has 0 saturated heterocycles. The maximum Gasteiger partial charge on any atom is 0.192 e. The first-order chi connectivity index (χ1) is 10.0. The van der Waals surface area contributed by atoms with Crippen LogP contribution in [0.4, 0.5) is 0 Å². The molecule has 1 aromatic heterocycles. The number of para-hydroxylation sites is 2. The van der Waals surface area contributed by atoms with Crippen LogP contribution in [0.5, 0.6) is 11.6 Å². The highest BCUT2D eigenvalue weighted by Gasteiger charge is 2.22. The highest BCUT2D eigenvalue weighted by Crippen LogP contribution is 2.27. The van der Waals surface area contributed by atoms with Crippen LogP contribution in [-0.4, -0.2) is 15.7 Å². The minimum absolute atomic E-state index is 0.311. The van der Waals surface area contributed by atoms with Gasteiger partial charge < -0.3 is 14.8 Å². The molecule has 0 fully saturated rings. The van der Waals surface area contributed by atoms with Crippen LogP contribution in [0.2, 0.25) is 0 Å². The quantitative estimate of drug-likeness (QED) is 0.750. The van der Waals surface area contributed by atoms with E-state index >= 15 is 0 Å². The zero-order chi connectivity index (χ0) is 14.9. The van der Waals surface area contributed by atoms with Crippen molar-refractivity contribution < 1.29 is 9.84 Å². The molecule has 0 amide bonds. The summed E-state index contributed by atoms with van der Waals surface area (Å²) < 4.78 is 6.08. The van der Waals surface area contributed by atoms with Crippen molar-refractivity contribution in [3.63, 3.8) is 0 Å². The molecule has 0 radical (unpaired) electrons. The number of hydrogen-bond acceptors (Lipinski definition) is 2. The number of fused-ring (bicyclic) bond motifs is 1. The summed E-state index contributed by atoms with van der Waals surface area (Å²) in [5, 5.41) is 11.0. The van der Waals surface area contributed by atoms with Crippen LogP contribution in [-0.2, 0) is 6.42 Å². The van der Waals surface area contributed by atoms with E-state index in [9.17, 15) is 5.11 Å². The summed E-state index contributed by atoms with van der Waals surface area (Å²) in [6, 6.07) is 17.5. The van der Waals surface area contributed by atoms with Crippen LogP contribution in [0, 0.1) is 0 Å². The van der Waals surface area contributed by atoms with Crippen LogP contribution in [0.3, 0.4) is 0 Å². The van der Waals surface area contributed by atoms with Crippen molar-refractivity contribution in [2.45, 2.75) is 25.9 Å². The van der Waals surface area contributed by atoms with Crippen LogP contribution >= 0.6 is 0 Å². The third kappa shape index (κ3) is 3.02. The van der Waals surface area contributed by atoms with E-state index in [0.29, 0.717) is 12.2 Å². The SMILES string of the molecule is CC(C)(Cc1ccccc1O)Oc1cc2ccccc2[nH]1. The van der Waals surface area contributed by atoms with E-state index in [1.165, 1.54) is 0 Å². The Balaban J connectivity index is 1.80. The summed E-state index contributed by atoms with van der Waals surface area (Å²) in [6.07, 6.45) is 0.634. The number of aromatic amines is 1. The third-order valence-electron chi connectivity index (χ3n) is 3.50. The van der Waals surface area contributed by atoms with Crippen molar-refractivity contribution in [2.24, 2.45) is 0 Å². The zero-order valence-electron chi connectivity index (χ0n) is 12.3. The van der Waals surface area contributed by atoms with Gasteiger partial charge in [-0.2, -0.15) is 0 Å². The second kappa shape index (κ2) is 5.17. The lowest BCUT2D eigenvalue weighted by atomic mass is 9.98. The van der Waals surface area contributed by atoms with Gasteiger partial charge in [-0.3, -0.25) is 0 Å². The number of ether oxygens (including phenoxy) is 1. The first-order valence-electron chi connectivity index (χ1n) is 7.07. The largest absolute Gasteiger partial charge is 0.508 e. The van der Waals surface area contributed by atoms with E-state index in [0.717, 1.165) is 22.3 Å². The molecule has 108 valence electrons. The fourth-order valence-corrected chi connectivity index (χ4v) is 2.55. The van der Waals surface area contributed by atoms with Gasteiger partial charge in [-0.1, -0.05) is 36.4 Å². The molecule has 3 aromatic rings. The van der Waals surface area contributed by atoms with Gasteiger partial charge in [0.15, 0.2) is 5.88 Å². The summed E-state index contributed by atoms with van der Waals surface area (Å²) in [7, 11) is 0. The van der Waals surface area contributed by atoms with Gasteiger partial charge in [0.1, 0.15) is 11.4 Å². The zero-order valence-corrected chi connectivity index (χ0v) is 12.3. The molecule has 21 heavy (non-hydrogen) atoms. The van der Waals surface area contributed by atoms with E-state index in [4.69, 9.17) is 4.74 Å². The third-order valence-corrected chi connectivity index (χ3v) is 3.50. The van der Waals surface area contributed by atoms with Gasteiger partial charge in [0.2, 0.25) is 0 Å². The van der Waals surface area contributed by atoms with Crippen molar-refractivity contribution in [3.8, 4) is 11.6 Å². The van der Waals surface area contributed by atoms with Crippen LogP contribution in [0.25, 0.3) is 10.9 Å². The summed E-state index contributed by atoms with van der Waals surface area (Å²) in [5.41, 5.74) is 1.53. The van der Waals surface area contributed by atoms with Crippen molar-refractivity contribution in [1.82, 2.24) is 4.98 Å². The minimum Gasteiger partial charge on any atom is -0.508 e. The standard InChI is InChI=1S/C18H19NO2/c1-18(2,12-14-8-4-6-10-16(14)20)21-17-11-13-7-3-5-9-15(13)19-17/h3-11,19-20H,12H2,1-2H3. The fraction of sp³-hybridized carbons (Fsp3) is 0.222. The van der Waals surface area contributed by atoms with E-state index < -0.39 is 5.60 Å². The highest BCUT2D eigenvalue weighted by atomic mass is 16.5. The fourth-order valence-electron chi connectivity index (χ4n) is 2.55. The molecule has 0 unspecified atom stereocenters. The lowest BCUT2D eigenvalue weighted by Crippen LogP contribution is -2.31. The maximum atomic E-state index is 9.89. The van der Waals surface area contributed by atoms with Crippen molar-refractivity contribution >= 4 is 10.9 Å². The second-order valence-corrected chi connectivity index (χ2v) is 5.89. The normalized spacial score (nSPS) is 11.7. The monoisotopic (exact) mass is 281 g/mol. The van der Waals surface area contributed by atoms with Crippen LogP contribution in [0.1, 0.15) is 19.4 Å². The second-order valence-electron chi connectivity index (χ2n) is 5.89. The Labute approximate surface area is 124 Å². The number of nitrogens with one attached hydrogen (secondary N) is 1. The van der Waals surface area contributed by atoms with E-state index in [1.54, 1.807) is 6.07 Å². The number of phenols is 1. The number of rotatable bonds is 4. The topological polar surface area (TPSA) is 45.2 Å². The predicted octanol–water partition coefficient (Wildman–Crippen LogP) is 4.27. The van der Waals surface area contributed by atoms with Crippen LogP contribution in [0.15, 0.2) is 54.6 Å². The minimum atomic E-state index is -0.417. The Morgan fingerprint density at radius 3 is 2.52 bits per heavy atom. The number of hydrogen-bond donors (Lipinski definition) is 2. The average Bonchev–Trinajstić information content (AvgIpc) is 2.82. The van der Waals surface area contributed by atoms with Crippen LogP contribution < -0.4 is 4.74 Å². The molecule has 2 N–H and O–H groups in total. The Hall–Kier alpha value is -2.42. The molecule has 3 heteroatoms. The molecule has 3 nitrogen and oxygen atoms in total. The molecular formula is C18H19NO2. The van der Waals surface area contributed by atoms with E-state index in [-0.39, 0.29) is 0 Å². The number of aromatic hydroxyl groups is 1. The number of aromatic nitrogens is 1. The molecule has 2 aromatic carbocycles. The maximum absolute atomic E-state index is 9.89. The lowest BCUT2D eigenvalue weighted by Gasteiger charge is -2.26. The molecule has 0 aliphatic carbocycles. The Morgan fingerprint density at radius 2 is 1.76 bits per heavy atom. The first-order valence-corrected chi connectivity index (χ1v) is 7.07. The van der Waals surface area contributed by atoms with Crippen molar-refractivity contribution in [3.05, 3.63) is 60.2 Å². The molecule has 0 saturated carbocycles. The number of benzene rings is 2. The van der Waals surface area contributed by atoms with Crippen molar-refractivity contribution in [1.29, 1.82) is 0 Å². The number of H-pyrrole nitrogens is 1. The summed E-state index contributed by atoms with van der Waals surface area (Å²) >= 11 is 0. The smallest absolute Gasteiger partial charge is 0.192 e. The van der Waals surface area contributed by atoms with Gasteiger partial charge in [0.05, 0.1) is 0 Å². The molecule has 0 bridgehead atoms. The lowest BCUT2D eigenvalue weighted by molar-refractivity contribution is 0.104. The molecule has 3 rings (SSSR count). The number of phenolic OH excluding ortho intramolecular Hbond substituents is 1. The highest BCUT2D eigenvalue weighted by molar-refractivity contribution is 5.81.